The van der Waals surface area contributed by atoms with Crippen LogP contribution in [0.5, 0.6) is 0 Å². The van der Waals surface area contributed by atoms with Gasteiger partial charge in [-0.1, -0.05) is 20.3 Å². The van der Waals surface area contributed by atoms with Crippen LogP contribution in [0.3, 0.4) is 0 Å². The minimum absolute atomic E-state index is 0.195. The van der Waals surface area contributed by atoms with Gasteiger partial charge in [0.25, 0.3) is 5.91 Å². The molecule has 7 heteroatoms. The van der Waals surface area contributed by atoms with E-state index in [-0.39, 0.29) is 17.3 Å². The van der Waals surface area contributed by atoms with Crippen LogP contribution in [0.4, 0.5) is 4.39 Å². The first-order valence-electron chi connectivity index (χ1n) is 7.69. The molecule has 0 saturated carbocycles. The molecule has 0 bridgehead atoms. The second-order valence-electron chi connectivity index (χ2n) is 5.71. The Bertz CT molecular complexity index is 740. The van der Waals surface area contributed by atoms with Crippen molar-refractivity contribution in [3.8, 4) is 5.69 Å². The number of hydrogen-bond donors (Lipinski definition) is 2. The van der Waals surface area contributed by atoms with Gasteiger partial charge in [-0.2, -0.15) is 5.10 Å². The van der Waals surface area contributed by atoms with Crippen LogP contribution in [-0.4, -0.2) is 32.8 Å². The number of nitrogens with zero attached hydrogens (tertiary/aromatic N) is 2. The highest BCUT2D eigenvalue weighted by Crippen LogP contribution is 2.16. The van der Waals surface area contributed by atoms with E-state index in [0.717, 1.165) is 0 Å². The van der Waals surface area contributed by atoms with Crippen LogP contribution < -0.4 is 5.32 Å². The third-order valence-corrected chi connectivity index (χ3v) is 4.09. The number of carboxylic acid groups (broad SMARTS) is 1. The molecule has 0 fully saturated rings. The Morgan fingerprint density at radius 2 is 1.96 bits per heavy atom. The van der Waals surface area contributed by atoms with Crippen molar-refractivity contribution in [3.05, 3.63) is 47.5 Å². The second kappa shape index (κ2) is 7.25. The predicted octanol–water partition coefficient (Wildman–Crippen LogP) is 2.55. The molecule has 1 aromatic heterocycles. The lowest BCUT2D eigenvalue weighted by Crippen LogP contribution is -2.45. The van der Waals surface area contributed by atoms with E-state index in [1.54, 1.807) is 26.0 Å². The summed E-state index contributed by atoms with van der Waals surface area (Å²) >= 11 is 0. The van der Waals surface area contributed by atoms with Crippen molar-refractivity contribution in [2.24, 2.45) is 5.92 Å². The first-order valence-corrected chi connectivity index (χ1v) is 7.69. The highest BCUT2D eigenvalue weighted by atomic mass is 19.1. The number of amides is 1. The lowest BCUT2D eigenvalue weighted by Gasteiger charge is -2.20. The molecule has 0 aliphatic heterocycles. The van der Waals surface area contributed by atoms with Crippen LogP contribution in [0.2, 0.25) is 0 Å². The van der Waals surface area contributed by atoms with Gasteiger partial charge in [-0.25, -0.2) is 13.9 Å². The lowest BCUT2D eigenvalue weighted by molar-refractivity contribution is -0.140. The lowest BCUT2D eigenvalue weighted by atomic mass is 9.99. The Labute approximate surface area is 139 Å². The third kappa shape index (κ3) is 3.61. The van der Waals surface area contributed by atoms with Gasteiger partial charge in [0.15, 0.2) is 0 Å². The molecule has 128 valence electrons. The van der Waals surface area contributed by atoms with Crippen molar-refractivity contribution >= 4 is 11.9 Å². The maximum Gasteiger partial charge on any atom is 0.326 e. The Hall–Kier alpha value is -2.70. The van der Waals surface area contributed by atoms with E-state index in [0.29, 0.717) is 17.8 Å². The summed E-state index contributed by atoms with van der Waals surface area (Å²) in [7, 11) is 0. The quantitative estimate of drug-likeness (QED) is 0.851. The molecular weight excluding hydrogens is 313 g/mol. The zero-order chi connectivity index (χ0) is 17.9. The van der Waals surface area contributed by atoms with Gasteiger partial charge in [0.1, 0.15) is 11.9 Å². The normalized spacial score (nSPS) is 13.3. The number of benzene rings is 1. The zero-order valence-electron chi connectivity index (χ0n) is 13.8. The molecule has 6 nitrogen and oxygen atoms in total. The largest absolute Gasteiger partial charge is 0.480 e. The van der Waals surface area contributed by atoms with Gasteiger partial charge in [0, 0.05) is 0 Å². The molecule has 2 aromatic rings. The number of hydrogen-bond acceptors (Lipinski definition) is 3. The Balaban J connectivity index is 2.25. The van der Waals surface area contributed by atoms with E-state index in [2.05, 4.69) is 10.4 Å². The van der Waals surface area contributed by atoms with Gasteiger partial charge < -0.3 is 10.4 Å². The molecule has 2 N–H and O–H groups in total. The summed E-state index contributed by atoms with van der Waals surface area (Å²) in [4.78, 5) is 23.8. The van der Waals surface area contributed by atoms with E-state index in [4.69, 9.17) is 0 Å². The zero-order valence-corrected chi connectivity index (χ0v) is 13.8. The third-order valence-electron chi connectivity index (χ3n) is 4.09. The fourth-order valence-corrected chi connectivity index (χ4v) is 2.38. The van der Waals surface area contributed by atoms with Gasteiger partial charge in [0.05, 0.1) is 23.1 Å². The van der Waals surface area contributed by atoms with Gasteiger partial charge in [-0.05, 0) is 37.1 Å². The minimum atomic E-state index is -1.07. The van der Waals surface area contributed by atoms with Crippen LogP contribution >= 0.6 is 0 Å². The minimum Gasteiger partial charge on any atom is -0.480 e. The standard InChI is InChI=1S/C17H20FN3O3/c1-4-10(2)15(17(23)24)20-16(22)14-9-19-21(11(14)3)13-7-5-12(18)6-8-13/h5-10,15H,4H2,1-3H3,(H,20,22)(H,23,24). The Kier molecular flexibility index (Phi) is 5.33. The molecule has 0 saturated heterocycles. The molecule has 0 spiro atoms. The van der Waals surface area contributed by atoms with Crippen molar-refractivity contribution in [2.75, 3.05) is 0 Å². The van der Waals surface area contributed by atoms with Crippen molar-refractivity contribution < 1.29 is 19.1 Å². The van der Waals surface area contributed by atoms with E-state index in [1.165, 1.54) is 23.0 Å². The first kappa shape index (κ1) is 17.7. The molecule has 1 amide bonds. The number of carbonyl (C=O) groups is 2. The summed E-state index contributed by atoms with van der Waals surface area (Å²) in [6.45, 7) is 5.34. The number of nitrogens with one attached hydrogen (secondary N) is 1. The summed E-state index contributed by atoms with van der Waals surface area (Å²) in [5.74, 6) is -2.12. The summed E-state index contributed by atoms with van der Waals surface area (Å²) in [6.07, 6.45) is 2.01. The van der Waals surface area contributed by atoms with E-state index in [9.17, 15) is 19.1 Å². The van der Waals surface area contributed by atoms with Crippen LogP contribution in [0.25, 0.3) is 5.69 Å². The summed E-state index contributed by atoms with van der Waals surface area (Å²) < 4.78 is 14.5. The Morgan fingerprint density at radius 1 is 1.33 bits per heavy atom. The fraction of sp³-hybridized carbons (Fsp3) is 0.353. The fourth-order valence-electron chi connectivity index (χ4n) is 2.38. The van der Waals surface area contributed by atoms with Crippen LogP contribution in [0.1, 0.15) is 36.3 Å². The number of halogens is 1. The van der Waals surface area contributed by atoms with Crippen molar-refractivity contribution in [3.63, 3.8) is 0 Å². The van der Waals surface area contributed by atoms with E-state index >= 15 is 0 Å². The molecule has 2 unspecified atom stereocenters. The number of aromatic nitrogens is 2. The number of rotatable bonds is 6. The van der Waals surface area contributed by atoms with E-state index in [1.807, 2.05) is 6.92 Å². The average Bonchev–Trinajstić information content (AvgIpc) is 2.94. The van der Waals surface area contributed by atoms with Crippen LogP contribution in [-0.2, 0) is 4.79 Å². The highest BCUT2D eigenvalue weighted by molar-refractivity contribution is 5.97. The molecule has 2 atom stereocenters. The number of aliphatic carboxylic acids is 1. The molecule has 1 heterocycles. The smallest absolute Gasteiger partial charge is 0.326 e. The predicted molar refractivity (Wildman–Crippen MR) is 86.6 cm³/mol. The molecule has 1 aromatic carbocycles. The molecule has 0 aliphatic carbocycles. The number of carbonyl (C=O) groups excluding carboxylic acids is 1. The maximum absolute atomic E-state index is 13.0. The summed E-state index contributed by atoms with van der Waals surface area (Å²) in [6, 6.07) is 4.75. The van der Waals surface area contributed by atoms with Crippen molar-refractivity contribution in [1.82, 2.24) is 15.1 Å². The SMILES string of the molecule is CCC(C)C(NC(=O)c1cnn(-c2ccc(F)cc2)c1C)C(=O)O. The maximum atomic E-state index is 13.0. The highest BCUT2D eigenvalue weighted by Gasteiger charge is 2.27. The van der Waals surface area contributed by atoms with Gasteiger partial charge in [0.2, 0.25) is 0 Å². The summed E-state index contributed by atoms with van der Waals surface area (Å²) in [5, 5.41) is 16.0. The van der Waals surface area contributed by atoms with Gasteiger partial charge >= 0.3 is 5.97 Å². The first-order chi connectivity index (χ1) is 11.3. The molecule has 2 rings (SSSR count). The monoisotopic (exact) mass is 333 g/mol. The van der Waals surface area contributed by atoms with E-state index < -0.39 is 17.9 Å². The average molecular weight is 333 g/mol. The summed E-state index contributed by atoms with van der Waals surface area (Å²) in [5.41, 5.74) is 1.45. The number of carboxylic acids is 1. The molecule has 24 heavy (non-hydrogen) atoms. The van der Waals surface area contributed by atoms with Crippen molar-refractivity contribution in [1.29, 1.82) is 0 Å². The van der Waals surface area contributed by atoms with Crippen LogP contribution in [0, 0.1) is 18.7 Å². The topological polar surface area (TPSA) is 84.2 Å². The van der Waals surface area contributed by atoms with Crippen LogP contribution in [0.15, 0.2) is 30.5 Å². The van der Waals surface area contributed by atoms with Gasteiger partial charge in [-0.15, -0.1) is 0 Å². The van der Waals surface area contributed by atoms with Crippen molar-refractivity contribution in [2.45, 2.75) is 33.2 Å². The van der Waals surface area contributed by atoms with Gasteiger partial charge in [-0.3, -0.25) is 4.79 Å². The Morgan fingerprint density at radius 3 is 2.50 bits per heavy atom. The molecule has 0 radical (unpaired) electrons. The molecular formula is C17H20FN3O3. The second-order valence-corrected chi connectivity index (χ2v) is 5.71. The molecule has 0 aliphatic rings.